The van der Waals surface area contributed by atoms with E-state index in [9.17, 15) is 0 Å². The first-order chi connectivity index (χ1) is 8.93. The molecule has 2 aliphatic heterocycles. The molecule has 0 amide bonds. The molecule has 1 aromatic heterocycles. The van der Waals surface area contributed by atoms with Crippen LogP contribution in [0.3, 0.4) is 0 Å². The molecule has 1 aromatic carbocycles. The van der Waals surface area contributed by atoms with Crippen LogP contribution in [0.25, 0.3) is 10.8 Å². The van der Waals surface area contributed by atoms with Crippen molar-refractivity contribution in [3.63, 3.8) is 0 Å². The minimum absolute atomic E-state index is 0.602. The van der Waals surface area contributed by atoms with Gasteiger partial charge in [-0.1, -0.05) is 24.3 Å². The predicted molar refractivity (Wildman–Crippen MR) is 71.6 cm³/mol. The summed E-state index contributed by atoms with van der Waals surface area (Å²) in [5.41, 5.74) is 0. The van der Waals surface area contributed by atoms with Crippen molar-refractivity contribution in [2.24, 2.45) is 5.92 Å². The summed E-state index contributed by atoms with van der Waals surface area (Å²) in [4.78, 5) is 2.44. The van der Waals surface area contributed by atoms with Crippen molar-refractivity contribution in [2.45, 2.75) is 12.5 Å². The van der Waals surface area contributed by atoms with Crippen LogP contribution in [0.4, 0.5) is 5.82 Å². The molecule has 4 nitrogen and oxygen atoms in total. The van der Waals surface area contributed by atoms with Crippen LogP contribution < -0.4 is 10.2 Å². The minimum Gasteiger partial charge on any atom is -0.350 e. The highest BCUT2D eigenvalue weighted by molar-refractivity contribution is 5.91. The van der Waals surface area contributed by atoms with E-state index in [-0.39, 0.29) is 0 Å². The highest BCUT2D eigenvalue weighted by atomic mass is 15.3. The Morgan fingerprint density at radius 1 is 1.22 bits per heavy atom. The van der Waals surface area contributed by atoms with Gasteiger partial charge in [0, 0.05) is 36.4 Å². The van der Waals surface area contributed by atoms with Gasteiger partial charge in [0.15, 0.2) is 5.82 Å². The van der Waals surface area contributed by atoms with Gasteiger partial charge in [0.1, 0.15) is 0 Å². The average Bonchev–Trinajstić information content (AvgIpc) is 3.01. The summed E-state index contributed by atoms with van der Waals surface area (Å²) in [6, 6.07) is 8.99. The van der Waals surface area contributed by atoms with Crippen LogP contribution in [0.5, 0.6) is 0 Å². The lowest BCUT2D eigenvalue weighted by molar-refractivity contribution is 0.577. The van der Waals surface area contributed by atoms with Gasteiger partial charge in [-0.2, -0.15) is 5.10 Å². The molecule has 1 N–H and O–H groups in total. The van der Waals surface area contributed by atoms with E-state index < -0.39 is 0 Å². The second kappa shape index (κ2) is 3.92. The van der Waals surface area contributed by atoms with Crippen LogP contribution in [0.2, 0.25) is 0 Å². The lowest BCUT2D eigenvalue weighted by Gasteiger charge is -2.25. The molecule has 18 heavy (non-hydrogen) atoms. The van der Waals surface area contributed by atoms with Crippen molar-refractivity contribution >= 4 is 16.6 Å². The summed E-state index contributed by atoms with van der Waals surface area (Å²) in [5, 5.41) is 14.4. The smallest absolute Gasteiger partial charge is 0.159 e. The molecule has 0 unspecified atom stereocenters. The van der Waals surface area contributed by atoms with Crippen LogP contribution in [0.15, 0.2) is 30.5 Å². The Hall–Kier alpha value is -1.68. The topological polar surface area (TPSA) is 41.0 Å². The highest BCUT2D eigenvalue weighted by Crippen LogP contribution is 2.33. The monoisotopic (exact) mass is 240 g/mol. The van der Waals surface area contributed by atoms with Gasteiger partial charge in [-0.25, -0.2) is 0 Å². The molecule has 2 atom stereocenters. The SMILES string of the molecule is c1ccc2c(N3CC[C@H]4CNC[C@H]43)nncc2c1. The molecule has 0 bridgehead atoms. The third-order valence-electron chi connectivity index (χ3n) is 4.27. The molecule has 3 heterocycles. The number of anilines is 1. The van der Waals surface area contributed by atoms with Crippen molar-refractivity contribution in [1.29, 1.82) is 0 Å². The second-order valence-electron chi connectivity index (χ2n) is 5.22. The maximum absolute atomic E-state index is 4.40. The van der Waals surface area contributed by atoms with Crippen molar-refractivity contribution in [3.8, 4) is 0 Å². The number of fused-ring (bicyclic) bond motifs is 2. The zero-order valence-corrected chi connectivity index (χ0v) is 10.2. The molecule has 0 aliphatic carbocycles. The van der Waals surface area contributed by atoms with Crippen LogP contribution in [0.1, 0.15) is 6.42 Å². The molecule has 2 fully saturated rings. The van der Waals surface area contributed by atoms with Gasteiger partial charge in [0.2, 0.25) is 0 Å². The molecule has 2 aromatic rings. The lowest BCUT2D eigenvalue weighted by atomic mass is 10.1. The second-order valence-corrected chi connectivity index (χ2v) is 5.22. The van der Waals surface area contributed by atoms with E-state index in [0.717, 1.165) is 31.4 Å². The predicted octanol–water partition coefficient (Wildman–Crippen LogP) is 1.43. The van der Waals surface area contributed by atoms with Crippen molar-refractivity contribution < 1.29 is 0 Å². The molecule has 0 radical (unpaired) electrons. The first kappa shape index (κ1) is 10.3. The number of aromatic nitrogens is 2. The van der Waals surface area contributed by atoms with E-state index in [0.29, 0.717) is 6.04 Å². The highest BCUT2D eigenvalue weighted by Gasteiger charge is 2.38. The van der Waals surface area contributed by atoms with Gasteiger partial charge < -0.3 is 10.2 Å². The standard InChI is InChI=1S/C14H16N4/c1-2-4-12-10(3-1)8-16-17-14(12)18-6-5-11-7-15-9-13(11)18/h1-4,8,11,13,15H,5-7,9H2/t11-,13+/m0/s1. The molecule has 2 saturated heterocycles. The summed E-state index contributed by atoms with van der Waals surface area (Å²) in [7, 11) is 0. The van der Waals surface area contributed by atoms with E-state index in [2.05, 4.69) is 44.7 Å². The number of hydrogen-bond donors (Lipinski definition) is 1. The summed E-state index contributed by atoms with van der Waals surface area (Å²) in [6.07, 6.45) is 3.11. The molecule has 0 spiro atoms. The Morgan fingerprint density at radius 3 is 3.17 bits per heavy atom. The zero-order chi connectivity index (χ0) is 11.9. The maximum atomic E-state index is 4.40. The van der Waals surface area contributed by atoms with E-state index >= 15 is 0 Å². The Labute approximate surface area is 106 Å². The van der Waals surface area contributed by atoms with Crippen LogP contribution in [-0.2, 0) is 0 Å². The Balaban J connectivity index is 1.83. The maximum Gasteiger partial charge on any atom is 0.159 e. The third-order valence-corrected chi connectivity index (χ3v) is 4.27. The summed E-state index contributed by atoms with van der Waals surface area (Å²) in [6.45, 7) is 3.34. The summed E-state index contributed by atoms with van der Waals surface area (Å²) < 4.78 is 0. The van der Waals surface area contributed by atoms with E-state index in [1.54, 1.807) is 0 Å². The Kier molecular flexibility index (Phi) is 2.23. The molecule has 0 saturated carbocycles. The number of rotatable bonds is 1. The van der Waals surface area contributed by atoms with Gasteiger partial charge in [-0.3, -0.25) is 0 Å². The van der Waals surface area contributed by atoms with Crippen LogP contribution in [0, 0.1) is 5.92 Å². The Bertz CT molecular complexity index is 578. The fraction of sp³-hybridized carbons (Fsp3) is 0.429. The minimum atomic E-state index is 0.602. The van der Waals surface area contributed by atoms with Crippen molar-refractivity contribution in [3.05, 3.63) is 30.5 Å². The van der Waals surface area contributed by atoms with Crippen molar-refractivity contribution in [1.82, 2.24) is 15.5 Å². The van der Waals surface area contributed by atoms with E-state index in [1.807, 2.05) is 6.20 Å². The summed E-state index contributed by atoms with van der Waals surface area (Å²) in [5.74, 6) is 1.84. The normalized spacial score (nSPS) is 26.8. The van der Waals surface area contributed by atoms with Gasteiger partial charge in [-0.05, 0) is 12.3 Å². The van der Waals surface area contributed by atoms with E-state index in [4.69, 9.17) is 0 Å². The first-order valence-corrected chi connectivity index (χ1v) is 6.61. The number of hydrogen-bond acceptors (Lipinski definition) is 4. The largest absolute Gasteiger partial charge is 0.350 e. The van der Waals surface area contributed by atoms with Gasteiger partial charge in [0.25, 0.3) is 0 Å². The fourth-order valence-electron chi connectivity index (χ4n) is 3.34. The van der Waals surface area contributed by atoms with E-state index in [1.165, 1.54) is 17.2 Å². The quantitative estimate of drug-likeness (QED) is 0.818. The van der Waals surface area contributed by atoms with Gasteiger partial charge in [-0.15, -0.1) is 5.10 Å². The molecular weight excluding hydrogens is 224 g/mol. The molecule has 92 valence electrons. The van der Waals surface area contributed by atoms with Crippen LogP contribution >= 0.6 is 0 Å². The number of benzene rings is 1. The Morgan fingerprint density at radius 2 is 2.17 bits per heavy atom. The number of nitrogens with zero attached hydrogens (tertiary/aromatic N) is 3. The summed E-state index contributed by atoms with van der Waals surface area (Å²) >= 11 is 0. The van der Waals surface area contributed by atoms with Crippen molar-refractivity contribution in [2.75, 3.05) is 24.5 Å². The van der Waals surface area contributed by atoms with Gasteiger partial charge >= 0.3 is 0 Å². The molecule has 4 rings (SSSR count). The number of nitrogens with one attached hydrogen (secondary N) is 1. The zero-order valence-electron chi connectivity index (χ0n) is 10.2. The van der Waals surface area contributed by atoms with Crippen LogP contribution in [-0.4, -0.2) is 35.9 Å². The lowest BCUT2D eigenvalue weighted by Crippen LogP contribution is -2.34. The molecule has 4 heteroatoms. The fourth-order valence-corrected chi connectivity index (χ4v) is 3.34. The average molecular weight is 240 g/mol. The molecule has 2 aliphatic rings. The first-order valence-electron chi connectivity index (χ1n) is 6.61. The molecular formula is C14H16N4. The van der Waals surface area contributed by atoms with Gasteiger partial charge in [0.05, 0.1) is 6.20 Å². The third kappa shape index (κ3) is 1.42.